The molecule has 0 radical (unpaired) electrons. The zero-order chi connectivity index (χ0) is 17.1. The molecule has 0 bridgehead atoms. The third kappa shape index (κ3) is 3.58. The van der Waals surface area contributed by atoms with Gasteiger partial charge in [0.05, 0.1) is 25.5 Å². The highest BCUT2D eigenvalue weighted by molar-refractivity contribution is 8.14. The minimum atomic E-state index is -1.17. The van der Waals surface area contributed by atoms with Crippen molar-refractivity contribution >= 4 is 34.4 Å². The van der Waals surface area contributed by atoms with E-state index < -0.39 is 5.97 Å². The zero-order valence-electron chi connectivity index (χ0n) is 13.0. The molecule has 23 heavy (non-hydrogen) atoms. The molecule has 1 N–H and O–H groups in total. The fourth-order valence-corrected chi connectivity index (χ4v) is 3.40. The number of benzene rings is 1. The van der Waals surface area contributed by atoms with Gasteiger partial charge in [-0.25, -0.2) is 4.79 Å². The first kappa shape index (κ1) is 17.1. The highest BCUT2D eigenvalue weighted by Gasteiger charge is 2.34. The largest absolute Gasteiger partial charge is 0.493 e. The van der Waals surface area contributed by atoms with Gasteiger partial charge in [0.25, 0.3) is 0 Å². The van der Waals surface area contributed by atoms with Crippen LogP contribution < -0.4 is 14.4 Å². The summed E-state index contributed by atoms with van der Waals surface area (Å²) in [5.41, 5.74) is 0.191. The molecule has 1 atom stereocenters. The molecule has 0 aromatic heterocycles. The molecule has 7 nitrogen and oxygen atoms in total. The second-order valence-electron chi connectivity index (χ2n) is 4.97. The number of carbonyl (C=O) groups excluding carboxylic acids is 2. The minimum absolute atomic E-state index is 0.0514. The highest BCUT2D eigenvalue weighted by Crippen LogP contribution is 2.38. The van der Waals surface area contributed by atoms with E-state index in [1.54, 1.807) is 0 Å². The molecule has 1 aliphatic rings. The van der Waals surface area contributed by atoms with E-state index >= 15 is 0 Å². The Labute approximate surface area is 137 Å². The number of thioether (sulfide) groups is 1. The third-order valence-corrected chi connectivity index (χ3v) is 4.43. The number of carboxylic acid groups (broad SMARTS) is 1. The van der Waals surface area contributed by atoms with Crippen LogP contribution in [0, 0.1) is 0 Å². The van der Waals surface area contributed by atoms with Gasteiger partial charge in [0, 0.05) is 37.3 Å². The second-order valence-corrected chi connectivity index (χ2v) is 6.45. The number of hydrogen-bond donors (Lipinski definition) is 1. The number of ether oxygens (including phenoxy) is 2. The molecule has 0 spiro atoms. The maximum atomic E-state index is 12.2. The predicted octanol–water partition coefficient (Wildman–Crippen LogP) is 1.79. The fraction of sp³-hybridized carbons (Fsp3) is 0.400. The zero-order valence-corrected chi connectivity index (χ0v) is 13.8. The van der Waals surface area contributed by atoms with Crippen LogP contribution >= 0.6 is 11.8 Å². The maximum absolute atomic E-state index is 12.2. The molecule has 1 amide bonds. The van der Waals surface area contributed by atoms with Crippen LogP contribution in [0.1, 0.15) is 23.7 Å². The summed E-state index contributed by atoms with van der Waals surface area (Å²) in [4.78, 5) is 36.3. The van der Waals surface area contributed by atoms with Gasteiger partial charge in [0.2, 0.25) is 5.91 Å². The van der Waals surface area contributed by atoms with Crippen LogP contribution in [-0.4, -0.2) is 48.1 Å². The molecule has 0 aliphatic carbocycles. The van der Waals surface area contributed by atoms with Crippen molar-refractivity contribution in [3.05, 3.63) is 17.7 Å². The van der Waals surface area contributed by atoms with Crippen LogP contribution in [0.2, 0.25) is 0 Å². The molecule has 1 unspecified atom stereocenters. The highest BCUT2D eigenvalue weighted by atomic mass is 32.2. The molecule has 8 heteroatoms. The van der Waals surface area contributed by atoms with Gasteiger partial charge in [-0.05, 0) is 0 Å². The average Bonchev–Trinajstić information content (AvgIpc) is 2.85. The Morgan fingerprint density at radius 3 is 2.39 bits per heavy atom. The van der Waals surface area contributed by atoms with E-state index in [0.717, 1.165) is 11.8 Å². The van der Waals surface area contributed by atoms with Gasteiger partial charge in [-0.1, -0.05) is 11.8 Å². The van der Waals surface area contributed by atoms with Crippen LogP contribution in [0.5, 0.6) is 11.5 Å². The van der Waals surface area contributed by atoms with Crippen molar-refractivity contribution in [2.45, 2.75) is 18.6 Å². The van der Waals surface area contributed by atoms with Gasteiger partial charge < -0.3 is 19.5 Å². The summed E-state index contributed by atoms with van der Waals surface area (Å²) >= 11 is 1.09. The number of hydrogen-bond acceptors (Lipinski definition) is 6. The third-order valence-electron chi connectivity index (χ3n) is 3.45. The first-order valence-corrected chi connectivity index (χ1v) is 7.72. The average molecular weight is 339 g/mol. The van der Waals surface area contributed by atoms with Gasteiger partial charge in [0.1, 0.15) is 0 Å². The lowest BCUT2D eigenvalue weighted by molar-refractivity contribution is -0.117. The lowest BCUT2D eigenvalue weighted by Crippen LogP contribution is -2.27. The van der Waals surface area contributed by atoms with E-state index in [4.69, 9.17) is 9.47 Å². The normalized spacial score (nSPS) is 17.3. The van der Waals surface area contributed by atoms with E-state index in [1.807, 2.05) is 0 Å². The number of carbonyl (C=O) groups is 3. The van der Waals surface area contributed by atoms with Crippen LogP contribution in [0.4, 0.5) is 5.69 Å². The number of methoxy groups -OCH3 is 2. The van der Waals surface area contributed by atoms with Crippen molar-refractivity contribution in [3.8, 4) is 11.5 Å². The van der Waals surface area contributed by atoms with E-state index in [9.17, 15) is 19.5 Å². The number of aromatic carboxylic acids is 1. The summed E-state index contributed by atoms with van der Waals surface area (Å²) in [5, 5.41) is 9.15. The Hall–Kier alpha value is -2.22. The van der Waals surface area contributed by atoms with Crippen molar-refractivity contribution in [2.75, 3.05) is 25.7 Å². The number of carboxylic acids is 1. The molecule has 1 aromatic rings. The van der Waals surface area contributed by atoms with E-state index in [2.05, 4.69) is 0 Å². The molecule has 1 heterocycles. The van der Waals surface area contributed by atoms with Crippen molar-refractivity contribution < 1.29 is 29.0 Å². The van der Waals surface area contributed by atoms with Crippen LogP contribution in [0.25, 0.3) is 0 Å². The Morgan fingerprint density at radius 2 is 1.87 bits per heavy atom. The monoisotopic (exact) mass is 339 g/mol. The Morgan fingerprint density at radius 1 is 1.26 bits per heavy atom. The SMILES string of the molecule is COc1cc(C(=O)O)c(N2CC(SC(C)=O)CC2=O)cc1OC. The summed E-state index contributed by atoms with van der Waals surface area (Å²) in [5.74, 6) is -0.784. The van der Waals surface area contributed by atoms with Gasteiger partial charge in [-0.15, -0.1) is 0 Å². The van der Waals surface area contributed by atoms with E-state index in [0.29, 0.717) is 5.75 Å². The van der Waals surface area contributed by atoms with Crippen molar-refractivity contribution in [1.29, 1.82) is 0 Å². The summed E-state index contributed by atoms with van der Waals surface area (Å²) in [6.45, 7) is 1.72. The van der Waals surface area contributed by atoms with Crippen LogP contribution in [0.3, 0.4) is 0 Å². The lowest BCUT2D eigenvalue weighted by atomic mass is 10.1. The smallest absolute Gasteiger partial charge is 0.337 e. The van der Waals surface area contributed by atoms with Crippen LogP contribution in [-0.2, 0) is 9.59 Å². The molecule has 0 saturated carbocycles. The molecule has 1 fully saturated rings. The number of anilines is 1. The number of nitrogens with zero attached hydrogens (tertiary/aromatic N) is 1. The summed E-state index contributed by atoms with van der Waals surface area (Å²) in [6.07, 6.45) is 0.192. The van der Waals surface area contributed by atoms with Crippen molar-refractivity contribution in [3.63, 3.8) is 0 Å². The molecule has 1 aromatic carbocycles. The quantitative estimate of drug-likeness (QED) is 0.874. The summed E-state index contributed by atoms with van der Waals surface area (Å²) in [7, 11) is 2.84. The molecule has 124 valence electrons. The summed E-state index contributed by atoms with van der Waals surface area (Å²) in [6, 6.07) is 2.80. The predicted molar refractivity (Wildman–Crippen MR) is 85.5 cm³/mol. The Bertz CT molecular complexity index is 660. The maximum Gasteiger partial charge on any atom is 0.337 e. The van der Waals surface area contributed by atoms with E-state index in [1.165, 1.54) is 38.2 Å². The van der Waals surface area contributed by atoms with Gasteiger partial charge in [-0.2, -0.15) is 0 Å². The van der Waals surface area contributed by atoms with Crippen molar-refractivity contribution in [2.24, 2.45) is 0 Å². The Kier molecular flexibility index (Phi) is 5.15. The number of rotatable bonds is 5. The van der Waals surface area contributed by atoms with Crippen LogP contribution in [0.15, 0.2) is 12.1 Å². The molecular formula is C15H17NO6S. The number of amides is 1. The molecular weight excluding hydrogens is 322 g/mol. The Balaban J connectivity index is 2.43. The lowest BCUT2D eigenvalue weighted by Gasteiger charge is -2.21. The van der Waals surface area contributed by atoms with E-state index in [-0.39, 0.29) is 46.2 Å². The van der Waals surface area contributed by atoms with Crippen molar-refractivity contribution in [1.82, 2.24) is 0 Å². The minimum Gasteiger partial charge on any atom is -0.493 e. The standard InChI is InChI=1S/C15H17NO6S/c1-8(17)23-9-4-14(18)16(7-9)11-6-13(22-3)12(21-2)5-10(11)15(19)20/h5-6,9H,4,7H2,1-3H3,(H,19,20). The first-order chi connectivity index (χ1) is 10.9. The molecule has 1 aliphatic heterocycles. The van der Waals surface area contributed by atoms with Gasteiger partial charge in [0.15, 0.2) is 16.6 Å². The topological polar surface area (TPSA) is 93.1 Å². The molecule has 2 rings (SSSR count). The second kappa shape index (κ2) is 6.91. The fourth-order valence-electron chi connectivity index (χ4n) is 2.48. The van der Waals surface area contributed by atoms with Gasteiger partial charge >= 0.3 is 5.97 Å². The summed E-state index contributed by atoms with van der Waals surface area (Å²) < 4.78 is 10.3. The first-order valence-electron chi connectivity index (χ1n) is 6.84. The van der Waals surface area contributed by atoms with Gasteiger partial charge in [-0.3, -0.25) is 9.59 Å². The molecule has 1 saturated heterocycles.